The summed E-state index contributed by atoms with van der Waals surface area (Å²) in [6, 6.07) is 15.8. The van der Waals surface area contributed by atoms with Crippen LogP contribution in [0.25, 0.3) is 0 Å². The van der Waals surface area contributed by atoms with Crippen molar-refractivity contribution in [2.45, 2.75) is 6.61 Å². The lowest BCUT2D eigenvalue weighted by atomic mass is 10.1. The molecular formula is C20H16F2N2O3S. The molecule has 1 heterocycles. The summed E-state index contributed by atoms with van der Waals surface area (Å²) in [7, 11) is 1.60. The summed E-state index contributed by atoms with van der Waals surface area (Å²) in [5.41, 5.74) is 1.17. The van der Waals surface area contributed by atoms with Gasteiger partial charge < -0.3 is 15.0 Å². The number of thiophene rings is 1. The Bertz CT molecular complexity index is 960. The maximum Gasteiger partial charge on any atom is 0.387 e. The van der Waals surface area contributed by atoms with Crippen molar-refractivity contribution >= 4 is 34.5 Å². The molecule has 0 aliphatic heterocycles. The Labute approximate surface area is 164 Å². The largest absolute Gasteiger partial charge is 0.435 e. The van der Waals surface area contributed by atoms with E-state index in [0.717, 1.165) is 0 Å². The van der Waals surface area contributed by atoms with Crippen molar-refractivity contribution < 1.29 is 23.1 Å². The summed E-state index contributed by atoms with van der Waals surface area (Å²) in [5.74, 6) is -0.651. The number of para-hydroxylation sites is 1. The van der Waals surface area contributed by atoms with Crippen LogP contribution in [0, 0.1) is 0 Å². The smallest absolute Gasteiger partial charge is 0.387 e. The third kappa shape index (κ3) is 4.52. The molecule has 5 nitrogen and oxygen atoms in total. The highest BCUT2D eigenvalue weighted by Crippen LogP contribution is 2.24. The van der Waals surface area contributed by atoms with Crippen molar-refractivity contribution in [3.8, 4) is 5.75 Å². The quantitative estimate of drug-likeness (QED) is 0.639. The number of benzene rings is 2. The Morgan fingerprint density at radius 2 is 1.75 bits per heavy atom. The van der Waals surface area contributed by atoms with E-state index in [1.807, 2.05) is 0 Å². The van der Waals surface area contributed by atoms with E-state index in [1.165, 1.54) is 40.5 Å². The van der Waals surface area contributed by atoms with Crippen LogP contribution in [0.15, 0.2) is 66.0 Å². The standard InChI is InChI=1S/C20H16F2N2O3S/c1-24(19(26)17-7-4-12-28-17)16-6-3-2-5-15(16)18(25)23-13-8-10-14(11-9-13)27-20(21)22/h2-12,20H,1H3,(H,23,25). The Morgan fingerprint density at radius 3 is 2.39 bits per heavy atom. The molecule has 0 radical (unpaired) electrons. The lowest BCUT2D eigenvalue weighted by Crippen LogP contribution is -2.28. The van der Waals surface area contributed by atoms with Crippen LogP contribution in [0.2, 0.25) is 0 Å². The second kappa shape index (κ2) is 8.62. The monoisotopic (exact) mass is 402 g/mol. The van der Waals surface area contributed by atoms with Gasteiger partial charge in [0, 0.05) is 12.7 Å². The molecule has 0 saturated carbocycles. The van der Waals surface area contributed by atoms with E-state index in [1.54, 1.807) is 48.8 Å². The number of nitrogens with zero attached hydrogens (tertiary/aromatic N) is 1. The van der Waals surface area contributed by atoms with Gasteiger partial charge in [0.1, 0.15) is 5.75 Å². The molecule has 0 aliphatic carbocycles. The van der Waals surface area contributed by atoms with E-state index < -0.39 is 12.5 Å². The molecular weight excluding hydrogens is 386 g/mol. The summed E-state index contributed by atoms with van der Waals surface area (Å²) in [6.45, 7) is -2.91. The molecule has 2 amide bonds. The Balaban J connectivity index is 1.78. The molecule has 0 unspecified atom stereocenters. The van der Waals surface area contributed by atoms with E-state index in [-0.39, 0.29) is 11.7 Å². The second-order valence-electron chi connectivity index (χ2n) is 5.72. The van der Waals surface area contributed by atoms with Gasteiger partial charge in [-0.15, -0.1) is 11.3 Å². The number of amides is 2. The van der Waals surface area contributed by atoms with Gasteiger partial charge in [-0.3, -0.25) is 9.59 Å². The van der Waals surface area contributed by atoms with E-state index in [4.69, 9.17) is 0 Å². The lowest BCUT2D eigenvalue weighted by molar-refractivity contribution is -0.0498. The number of carbonyl (C=O) groups is 2. The lowest BCUT2D eigenvalue weighted by Gasteiger charge is -2.20. The number of halogens is 2. The number of alkyl halides is 2. The maximum absolute atomic E-state index is 12.7. The minimum Gasteiger partial charge on any atom is -0.435 e. The third-order valence-corrected chi connectivity index (χ3v) is 4.74. The van der Waals surface area contributed by atoms with Gasteiger partial charge in [0.05, 0.1) is 16.1 Å². The summed E-state index contributed by atoms with van der Waals surface area (Å²) >= 11 is 1.32. The highest BCUT2D eigenvalue weighted by molar-refractivity contribution is 7.12. The predicted molar refractivity (Wildman–Crippen MR) is 105 cm³/mol. The topological polar surface area (TPSA) is 58.6 Å². The fourth-order valence-electron chi connectivity index (χ4n) is 2.55. The molecule has 3 rings (SSSR count). The Kier molecular flexibility index (Phi) is 6.00. The molecule has 0 aliphatic rings. The average Bonchev–Trinajstić information content (AvgIpc) is 3.22. The maximum atomic E-state index is 12.7. The molecule has 0 saturated heterocycles. The molecule has 3 aromatic rings. The van der Waals surface area contributed by atoms with Gasteiger partial charge in [-0.25, -0.2) is 0 Å². The van der Waals surface area contributed by atoms with Gasteiger partial charge in [0.2, 0.25) is 0 Å². The zero-order valence-corrected chi connectivity index (χ0v) is 15.6. The molecule has 1 N–H and O–H groups in total. The van der Waals surface area contributed by atoms with E-state index in [2.05, 4.69) is 10.1 Å². The first-order valence-corrected chi connectivity index (χ1v) is 9.10. The number of anilines is 2. The predicted octanol–water partition coefficient (Wildman–Crippen LogP) is 4.88. The van der Waals surface area contributed by atoms with Gasteiger partial charge in [0.25, 0.3) is 11.8 Å². The van der Waals surface area contributed by atoms with E-state index in [9.17, 15) is 18.4 Å². The molecule has 2 aromatic carbocycles. The number of rotatable bonds is 6. The second-order valence-corrected chi connectivity index (χ2v) is 6.66. The average molecular weight is 402 g/mol. The van der Waals surface area contributed by atoms with Crippen molar-refractivity contribution in [3.63, 3.8) is 0 Å². The fraction of sp³-hybridized carbons (Fsp3) is 0.100. The molecule has 1 aromatic heterocycles. The van der Waals surface area contributed by atoms with E-state index >= 15 is 0 Å². The van der Waals surface area contributed by atoms with Crippen molar-refractivity contribution in [2.24, 2.45) is 0 Å². The normalized spacial score (nSPS) is 10.6. The number of nitrogens with one attached hydrogen (secondary N) is 1. The van der Waals surface area contributed by atoms with Gasteiger partial charge in [0.15, 0.2) is 0 Å². The molecule has 28 heavy (non-hydrogen) atoms. The molecule has 144 valence electrons. The molecule has 0 fully saturated rings. The molecule has 8 heteroatoms. The summed E-state index contributed by atoms with van der Waals surface area (Å²) < 4.78 is 28.7. The summed E-state index contributed by atoms with van der Waals surface area (Å²) in [6.07, 6.45) is 0. The number of carbonyl (C=O) groups excluding carboxylic acids is 2. The van der Waals surface area contributed by atoms with Gasteiger partial charge in [-0.05, 0) is 47.8 Å². The summed E-state index contributed by atoms with van der Waals surface area (Å²) in [5, 5.41) is 4.50. The fourth-order valence-corrected chi connectivity index (χ4v) is 3.25. The van der Waals surface area contributed by atoms with Crippen LogP contribution in [-0.4, -0.2) is 25.5 Å². The molecule has 0 spiro atoms. The SMILES string of the molecule is CN(C(=O)c1cccs1)c1ccccc1C(=O)Nc1ccc(OC(F)F)cc1. The summed E-state index contributed by atoms with van der Waals surface area (Å²) in [4.78, 5) is 27.3. The molecule has 0 atom stereocenters. The van der Waals surface area contributed by atoms with Crippen LogP contribution in [0.3, 0.4) is 0 Å². The minimum atomic E-state index is -2.91. The highest BCUT2D eigenvalue weighted by atomic mass is 32.1. The van der Waals surface area contributed by atoms with Gasteiger partial charge >= 0.3 is 6.61 Å². The molecule has 0 bridgehead atoms. The van der Waals surface area contributed by atoms with Crippen molar-refractivity contribution in [2.75, 3.05) is 17.3 Å². The van der Waals surface area contributed by atoms with Crippen LogP contribution in [-0.2, 0) is 0 Å². The first kappa shape index (κ1) is 19.5. The number of hydrogen-bond acceptors (Lipinski definition) is 4. The van der Waals surface area contributed by atoms with Crippen LogP contribution in [0.5, 0.6) is 5.75 Å². The van der Waals surface area contributed by atoms with Crippen molar-refractivity contribution in [1.82, 2.24) is 0 Å². The zero-order valence-electron chi connectivity index (χ0n) is 14.8. The van der Waals surface area contributed by atoms with Crippen LogP contribution in [0.4, 0.5) is 20.2 Å². The Morgan fingerprint density at radius 1 is 1.04 bits per heavy atom. The van der Waals surface area contributed by atoms with Crippen molar-refractivity contribution in [1.29, 1.82) is 0 Å². The van der Waals surface area contributed by atoms with Crippen LogP contribution in [0.1, 0.15) is 20.0 Å². The minimum absolute atomic E-state index is 0.00493. The van der Waals surface area contributed by atoms with E-state index in [0.29, 0.717) is 21.8 Å². The zero-order chi connectivity index (χ0) is 20.1. The van der Waals surface area contributed by atoms with Gasteiger partial charge in [-0.1, -0.05) is 18.2 Å². The highest BCUT2D eigenvalue weighted by Gasteiger charge is 2.20. The van der Waals surface area contributed by atoms with Crippen LogP contribution >= 0.6 is 11.3 Å². The first-order valence-electron chi connectivity index (χ1n) is 8.22. The van der Waals surface area contributed by atoms with Crippen molar-refractivity contribution in [3.05, 3.63) is 76.5 Å². The number of ether oxygens (including phenoxy) is 1. The number of hydrogen-bond donors (Lipinski definition) is 1. The van der Waals surface area contributed by atoms with Gasteiger partial charge in [-0.2, -0.15) is 8.78 Å². The first-order chi connectivity index (χ1) is 13.5. The Hall–Kier alpha value is -3.26. The third-order valence-electron chi connectivity index (χ3n) is 3.88. The van der Waals surface area contributed by atoms with Crippen LogP contribution < -0.4 is 15.0 Å².